The van der Waals surface area contributed by atoms with Crippen molar-refractivity contribution in [1.82, 2.24) is 10.3 Å². The maximum atomic E-state index is 5.79. The fourth-order valence-corrected chi connectivity index (χ4v) is 2.46. The molecule has 0 saturated carbocycles. The van der Waals surface area contributed by atoms with E-state index in [2.05, 4.69) is 30.2 Å². The van der Waals surface area contributed by atoms with Crippen molar-refractivity contribution in [1.29, 1.82) is 0 Å². The predicted molar refractivity (Wildman–Crippen MR) is 69.1 cm³/mol. The monoisotopic (exact) mass is 234 g/mol. The summed E-state index contributed by atoms with van der Waals surface area (Å²) in [7, 11) is 0. The SMILES string of the molecule is CCNC(Cc1ncccc1C)C1CCCO1. The number of aryl methyl sites for hydroxylation is 1. The third kappa shape index (κ3) is 3.27. The summed E-state index contributed by atoms with van der Waals surface area (Å²) >= 11 is 0. The number of hydrogen-bond donors (Lipinski definition) is 1. The summed E-state index contributed by atoms with van der Waals surface area (Å²) in [4.78, 5) is 4.48. The van der Waals surface area contributed by atoms with Crippen LogP contribution in [0.1, 0.15) is 31.0 Å². The van der Waals surface area contributed by atoms with Crippen LogP contribution < -0.4 is 5.32 Å². The van der Waals surface area contributed by atoms with Crippen molar-refractivity contribution in [3.8, 4) is 0 Å². The quantitative estimate of drug-likeness (QED) is 0.847. The number of rotatable bonds is 5. The molecule has 0 aromatic carbocycles. The first-order valence-electron chi connectivity index (χ1n) is 6.56. The van der Waals surface area contributed by atoms with Crippen LogP contribution in [0.25, 0.3) is 0 Å². The lowest BCUT2D eigenvalue weighted by Crippen LogP contribution is -2.41. The average molecular weight is 234 g/mol. The van der Waals surface area contributed by atoms with Gasteiger partial charge in [0.05, 0.1) is 6.10 Å². The molecule has 17 heavy (non-hydrogen) atoms. The van der Waals surface area contributed by atoms with Crippen LogP contribution >= 0.6 is 0 Å². The van der Waals surface area contributed by atoms with Crippen molar-refractivity contribution in [3.05, 3.63) is 29.6 Å². The summed E-state index contributed by atoms with van der Waals surface area (Å²) in [5.41, 5.74) is 2.46. The minimum absolute atomic E-state index is 0.358. The van der Waals surface area contributed by atoms with Gasteiger partial charge in [-0.1, -0.05) is 13.0 Å². The Morgan fingerprint density at radius 2 is 2.47 bits per heavy atom. The summed E-state index contributed by atoms with van der Waals surface area (Å²) < 4.78 is 5.79. The summed E-state index contributed by atoms with van der Waals surface area (Å²) in [6.07, 6.45) is 5.56. The highest BCUT2D eigenvalue weighted by molar-refractivity contribution is 5.19. The molecule has 0 spiro atoms. The molecular weight excluding hydrogens is 212 g/mol. The molecule has 1 aliphatic heterocycles. The molecule has 0 bridgehead atoms. The largest absolute Gasteiger partial charge is 0.377 e. The Balaban J connectivity index is 2.04. The van der Waals surface area contributed by atoms with Crippen molar-refractivity contribution in [2.45, 2.75) is 45.3 Å². The van der Waals surface area contributed by atoms with Crippen LogP contribution in [0.2, 0.25) is 0 Å². The number of aromatic nitrogens is 1. The lowest BCUT2D eigenvalue weighted by atomic mass is 10.0. The molecule has 2 heterocycles. The van der Waals surface area contributed by atoms with Gasteiger partial charge in [-0.25, -0.2) is 0 Å². The third-order valence-electron chi connectivity index (χ3n) is 3.41. The Morgan fingerprint density at radius 3 is 3.12 bits per heavy atom. The summed E-state index contributed by atoms with van der Waals surface area (Å²) in [5.74, 6) is 0. The first-order chi connectivity index (χ1) is 8.31. The van der Waals surface area contributed by atoms with Gasteiger partial charge in [0.2, 0.25) is 0 Å². The number of hydrogen-bond acceptors (Lipinski definition) is 3. The van der Waals surface area contributed by atoms with Crippen LogP contribution in [0.4, 0.5) is 0 Å². The fraction of sp³-hybridized carbons (Fsp3) is 0.643. The lowest BCUT2D eigenvalue weighted by molar-refractivity contribution is 0.0786. The van der Waals surface area contributed by atoms with Gasteiger partial charge in [-0.05, 0) is 37.9 Å². The molecule has 0 radical (unpaired) electrons. The van der Waals surface area contributed by atoms with E-state index in [1.54, 1.807) is 0 Å². The van der Waals surface area contributed by atoms with E-state index in [1.165, 1.54) is 24.1 Å². The van der Waals surface area contributed by atoms with Gasteiger partial charge < -0.3 is 10.1 Å². The Morgan fingerprint density at radius 1 is 1.59 bits per heavy atom. The van der Waals surface area contributed by atoms with E-state index in [9.17, 15) is 0 Å². The first kappa shape index (κ1) is 12.5. The molecule has 1 N–H and O–H groups in total. The van der Waals surface area contributed by atoms with Crippen molar-refractivity contribution < 1.29 is 4.74 Å². The van der Waals surface area contributed by atoms with Crippen molar-refractivity contribution >= 4 is 0 Å². The highest BCUT2D eigenvalue weighted by Crippen LogP contribution is 2.19. The number of nitrogens with zero attached hydrogens (tertiary/aromatic N) is 1. The van der Waals surface area contributed by atoms with E-state index in [4.69, 9.17) is 4.74 Å². The molecule has 2 rings (SSSR count). The number of likely N-dealkylation sites (N-methyl/N-ethyl adjacent to an activating group) is 1. The molecule has 1 aliphatic rings. The molecule has 3 heteroatoms. The minimum Gasteiger partial charge on any atom is -0.377 e. The molecular formula is C14H22N2O. The molecule has 1 aromatic heterocycles. The van der Waals surface area contributed by atoms with Crippen molar-refractivity contribution in [3.63, 3.8) is 0 Å². The Bertz CT molecular complexity index is 348. The highest BCUT2D eigenvalue weighted by Gasteiger charge is 2.26. The molecule has 0 aliphatic carbocycles. The second-order valence-corrected chi connectivity index (χ2v) is 4.69. The molecule has 1 saturated heterocycles. The Kier molecular flexibility index (Phi) is 4.51. The third-order valence-corrected chi connectivity index (χ3v) is 3.41. The second kappa shape index (κ2) is 6.12. The van der Waals surface area contributed by atoms with Crippen LogP contribution in [0.15, 0.2) is 18.3 Å². The highest BCUT2D eigenvalue weighted by atomic mass is 16.5. The summed E-state index contributed by atoms with van der Waals surface area (Å²) in [6.45, 7) is 6.16. The number of pyridine rings is 1. The lowest BCUT2D eigenvalue weighted by Gasteiger charge is -2.24. The van der Waals surface area contributed by atoms with Gasteiger partial charge in [-0.15, -0.1) is 0 Å². The zero-order chi connectivity index (χ0) is 12.1. The van der Waals surface area contributed by atoms with Gasteiger partial charge in [-0.2, -0.15) is 0 Å². The zero-order valence-corrected chi connectivity index (χ0v) is 10.8. The zero-order valence-electron chi connectivity index (χ0n) is 10.8. The summed E-state index contributed by atoms with van der Waals surface area (Å²) in [6, 6.07) is 4.52. The smallest absolute Gasteiger partial charge is 0.0732 e. The van der Waals surface area contributed by atoms with Gasteiger partial charge in [0, 0.05) is 31.0 Å². The van der Waals surface area contributed by atoms with Gasteiger partial charge in [0.1, 0.15) is 0 Å². The number of nitrogens with one attached hydrogen (secondary N) is 1. The second-order valence-electron chi connectivity index (χ2n) is 4.69. The maximum absolute atomic E-state index is 5.79. The maximum Gasteiger partial charge on any atom is 0.0732 e. The van der Waals surface area contributed by atoms with E-state index in [-0.39, 0.29) is 0 Å². The number of ether oxygens (including phenoxy) is 1. The van der Waals surface area contributed by atoms with Crippen LogP contribution in [0.3, 0.4) is 0 Å². The van der Waals surface area contributed by atoms with E-state index >= 15 is 0 Å². The molecule has 2 unspecified atom stereocenters. The van der Waals surface area contributed by atoms with Gasteiger partial charge in [0.25, 0.3) is 0 Å². The predicted octanol–water partition coefficient (Wildman–Crippen LogP) is 2.09. The fourth-order valence-electron chi connectivity index (χ4n) is 2.46. The van der Waals surface area contributed by atoms with E-state index in [0.29, 0.717) is 12.1 Å². The van der Waals surface area contributed by atoms with Crippen molar-refractivity contribution in [2.75, 3.05) is 13.2 Å². The molecule has 3 nitrogen and oxygen atoms in total. The Hall–Kier alpha value is -0.930. The molecule has 94 valence electrons. The minimum atomic E-state index is 0.358. The van der Waals surface area contributed by atoms with Crippen LogP contribution in [-0.4, -0.2) is 30.3 Å². The summed E-state index contributed by atoms with van der Waals surface area (Å²) in [5, 5.41) is 3.54. The van der Waals surface area contributed by atoms with Gasteiger partial charge >= 0.3 is 0 Å². The van der Waals surface area contributed by atoms with Crippen LogP contribution in [0, 0.1) is 6.92 Å². The molecule has 0 amide bonds. The van der Waals surface area contributed by atoms with Crippen LogP contribution in [-0.2, 0) is 11.2 Å². The topological polar surface area (TPSA) is 34.2 Å². The average Bonchev–Trinajstić information content (AvgIpc) is 2.85. The van der Waals surface area contributed by atoms with Crippen molar-refractivity contribution in [2.24, 2.45) is 0 Å². The van der Waals surface area contributed by atoms with Crippen LogP contribution in [0.5, 0.6) is 0 Å². The molecule has 1 aromatic rings. The first-order valence-corrected chi connectivity index (χ1v) is 6.56. The molecule has 2 atom stereocenters. The van der Waals surface area contributed by atoms with E-state index in [1.807, 2.05) is 12.3 Å². The molecule has 1 fully saturated rings. The Labute approximate surface area is 104 Å². The van der Waals surface area contributed by atoms with Gasteiger partial charge in [0.15, 0.2) is 0 Å². The van der Waals surface area contributed by atoms with E-state index in [0.717, 1.165) is 19.6 Å². The standard InChI is InChI=1S/C14H22N2O/c1-3-15-13(14-7-5-9-17-14)10-12-11(2)6-4-8-16-12/h4,6,8,13-15H,3,5,7,9-10H2,1-2H3. The van der Waals surface area contributed by atoms with E-state index < -0.39 is 0 Å². The van der Waals surface area contributed by atoms with Gasteiger partial charge in [-0.3, -0.25) is 4.98 Å². The normalized spacial score (nSPS) is 21.6.